The molecular formula is C17H34N6. The molecule has 0 aliphatic heterocycles. The summed E-state index contributed by atoms with van der Waals surface area (Å²) in [4.78, 5) is 11.7. The second-order valence-corrected chi connectivity index (χ2v) is 6.19. The quantitative estimate of drug-likeness (QED) is 0.445. The summed E-state index contributed by atoms with van der Waals surface area (Å²) in [5.41, 5.74) is 11.0. The maximum Gasteiger partial charge on any atom is 0.229 e. The van der Waals surface area contributed by atoms with Gasteiger partial charge in [0.25, 0.3) is 0 Å². The number of aromatic nitrogens is 3. The van der Waals surface area contributed by atoms with E-state index in [0.717, 1.165) is 13.0 Å². The molecular weight excluding hydrogens is 288 g/mol. The molecule has 5 N–H and O–H groups in total. The molecule has 6 heteroatoms. The van der Waals surface area contributed by atoms with Gasteiger partial charge >= 0.3 is 0 Å². The Morgan fingerprint density at radius 3 is 1.57 bits per heavy atom. The lowest BCUT2D eigenvalue weighted by molar-refractivity contribution is 0.546. The van der Waals surface area contributed by atoms with E-state index in [9.17, 15) is 0 Å². The maximum absolute atomic E-state index is 5.52. The molecule has 0 aliphatic rings. The van der Waals surface area contributed by atoms with E-state index in [-0.39, 0.29) is 11.9 Å². The van der Waals surface area contributed by atoms with Crippen LogP contribution in [0, 0.1) is 0 Å². The van der Waals surface area contributed by atoms with Crippen LogP contribution in [0.5, 0.6) is 0 Å². The number of hydrogen-bond acceptors (Lipinski definition) is 6. The van der Waals surface area contributed by atoms with Crippen LogP contribution in [-0.2, 0) is 0 Å². The van der Waals surface area contributed by atoms with Crippen LogP contribution in [0.3, 0.4) is 0 Å². The van der Waals surface area contributed by atoms with Gasteiger partial charge < -0.3 is 16.8 Å². The second-order valence-electron chi connectivity index (χ2n) is 6.19. The first-order chi connectivity index (χ1) is 11.2. The molecule has 0 fully saturated rings. The van der Waals surface area contributed by atoms with Crippen molar-refractivity contribution in [3.63, 3.8) is 0 Å². The zero-order valence-corrected chi connectivity index (χ0v) is 14.7. The van der Waals surface area contributed by atoms with Gasteiger partial charge in [0.15, 0.2) is 0 Å². The van der Waals surface area contributed by atoms with Crippen molar-refractivity contribution in [2.75, 3.05) is 23.3 Å². The average molecular weight is 323 g/mol. The minimum Gasteiger partial charge on any atom is -0.368 e. The van der Waals surface area contributed by atoms with Crippen LogP contribution < -0.4 is 16.8 Å². The molecule has 6 nitrogen and oxygen atoms in total. The smallest absolute Gasteiger partial charge is 0.229 e. The summed E-state index contributed by atoms with van der Waals surface area (Å²) in [6, 6.07) is 0. The summed E-state index contributed by atoms with van der Waals surface area (Å²) in [7, 11) is 0. The Hall–Kier alpha value is -1.59. The lowest BCUT2D eigenvalue weighted by Crippen LogP contribution is -2.10. The Morgan fingerprint density at radius 2 is 1.09 bits per heavy atom. The van der Waals surface area contributed by atoms with Crippen molar-refractivity contribution in [2.45, 2.75) is 84.0 Å². The number of anilines is 3. The lowest BCUT2D eigenvalue weighted by Gasteiger charge is -2.06. The van der Waals surface area contributed by atoms with E-state index in [1.165, 1.54) is 70.6 Å². The predicted octanol–water partition coefficient (Wildman–Crippen LogP) is 4.15. The summed E-state index contributed by atoms with van der Waals surface area (Å²) in [6.07, 6.45) is 16.2. The second kappa shape index (κ2) is 12.9. The molecule has 0 saturated carbocycles. The maximum atomic E-state index is 5.52. The van der Waals surface area contributed by atoms with Crippen LogP contribution in [0.4, 0.5) is 17.8 Å². The van der Waals surface area contributed by atoms with E-state index >= 15 is 0 Å². The lowest BCUT2D eigenvalue weighted by atomic mass is 10.1. The minimum absolute atomic E-state index is 0.162. The number of hydrogen-bond donors (Lipinski definition) is 3. The molecule has 0 aromatic carbocycles. The molecule has 0 spiro atoms. The molecule has 132 valence electrons. The SMILES string of the molecule is CCCCCCCCCCCCCCNc1nc(N)nc(N)n1. The van der Waals surface area contributed by atoms with Gasteiger partial charge in [-0.3, -0.25) is 0 Å². The molecule has 1 aromatic rings. The molecule has 23 heavy (non-hydrogen) atoms. The highest BCUT2D eigenvalue weighted by Crippen LogP contribution is 2.12. The molecule has 0 saturated heterocycles. The fraction of sp³-hybridized carbons (Fsp3) is 0.824. The van der Waals surface area contributed by atoms with Crippen molar-refractivity contribution in [3.8, 4) is 0 Å². The van der Waals surface area contributed by atoms with Crippen LogP contribution in [0.25, 0.3) is 0 Å². The van der Waals surface area contributed by atoms with Crippen molar-refractivity contribution >= 4 is 17.8 Å². The summed E-state index contributed by atoms with van der Waals surface area (Å²) >= 11 is 0. The summed E-state index contributed by atoms with van der Waals surface area (Å²) < 4.78 is 0. The van der Waals surface area contributed by atoms with E-state index in [1.807, 2.05) is 0 Å². The number of unbranched alkanes of at least 4 members (excludes halogenated alkanes) is 11. The van der Waals surface area contributed by atoms with Gasteiger partial charge in [-0.1, -0.05) is 77.6 Å². The van der Waals surface area contributed by atoms with Gasteiger partial charge in [0.1, 0.15) is 0 Å². The topological polar surface area (TPSA) is 103 Å². The van der Waals surface area contributed by atoms with Gasteiger partial charge in [-0.25, -0.2) is 0 Å². The Kier molecular flexibility index (Phi) is 10.9. The Labute approximate surface area is 140 Å². The Bertz CT molecular complexity index is 390. The van der Waals surface area contributed by atoms with Crippen LogP contribution in [0.2, 0.25) is 0 Å². The molecule has 1 rings (SSSR count). The van der Waals surface area contributed by atoms with Crippen LogP contribution >= 0.6 is 0 Å². The van der Waals surface area contributed by atoms with Crippen LogP contribution in [0.1, 0.15) is 84.0 Å². The minimum atomic E-state index is 0.162. The molecule has 0 amide bonds. The predicted molar refractivity (Wildman–Crippen MR) is 98.2 cm³/mol. The van der Waals surface area contributed by atoms with Gasteiger partial charge in [0, 0.05) is 6.54 Å². The third kappa shape index (κ3) is 10.7. The molecule has 1 heterocycles. The third-order valence-corrected chi connectivity index (χ3v) is 3.98. The zero-order valence-electron chi connectivity index (χ0n) is 14.7. The number of nitrogens with two attached hydrogens (primary N) is 2. The van der Waals surface area contributed by atoms with Gasteiger partial charge in [-0.15, -0.1) is 0 Å². The van der Waals surface area contributed by atoms with Gasteiger partial charge in [0.05, 0.1) is 0 Å². The third-order valence-electron chi connectivity index (χ3n) is 3.98. The highest BCUT2D eigenvalue weighted by molar-refractivity contribution is 5.36. The number of rotatable bonds is 14. The average Bonchev–Trinajstić information content (AvgIpc) is 2.51. The fourth-order valence-corrected chi connectivity index (χ4v) is 2.65. The molecule has 0 bridgehead atoms. The number of nitrogen functional groups attached to an aromatic ring is 2. The molecule has 0 atom stereocenters. The van der Waals surface area contributed by atoms with E-state index < -0.39 is 0 Å². The van der Waals surface area contributed by atoms with Crippen molar-refractivity contribution in [1.29, 1.82) is 0 Å². The summed E-state index contributed by atoms with van der Waals surface area (Å²) in [6.45, 7) is 3.12. The fourth-order valence-electron chi connectivity index (χ4n) is 2.65. The van der Waals surface area contributed by atoms with E-state index in [2.05, 4.69) is 27.2 Å². The number of nitrogens with one attached hydrogen (secondary N) is 1. The summed E-state index contributed by atoms with van der Waals surface area (Å²) in [5, 5.41) is 3.14. The zero-order chi connectivity index (χ0) is 16.8. The first-order valence-electron chi connectivity index (χ1n) is 9.23. The highest BCUT2D eigenvalue weighted by Gasteiger charge is 2.00. The van der Waals surface area contributed by atoms with Crippen LogP contribution in [-0.4, -0.2) is 21.5 Å². The first-order valence-corrected chi connectivity index (χ1v) is 9.23. The van der Waals surface area contributed by atoms with Gasteiger partial charge in [-0.05, 0) is 6.42 Å². The Morgan fingerprint density at radius 1 is 0.652 bits per heavy atom. The standard InChI is InChI=1S/C17H34N6/c1-2-3-4-5-6-7-8-9-10-11-12-13-14-20-17-22-15(18)21-16(19)23-17/h2-14H2,1H3,(H5,18,19,20,21,22,23). The van der Waals surface area contributed by atoms with Crippen molar-refractivity contribution < 1.29 is 0 Å². The van der Waals surface area contributed by atoms with E-state index in [1.54, 1.807) is 0 Å². The first kappa shape index (κ1) is 19.5. The van der Waals surface area contributed by atoms with Crippen molar-refractivity contribution in [3.05, 3.63) is 0 Å². The van der Waals surface area contributed by atoms with Gasteiger partial charge in [-0.2, -0.15) is 15.0 Å². The van der Waals surface area contributed by atoms with Crippen LogP contribution in [0.15, 0.2) is 0 Å². The monoisotopic (exact) mass is 322 g/mol. The largest absolute Gasteiger partial charge is 0.368 e. The van der Waals surface area contributed by atoms with Crippen molar-refractivity contribution in [2.24, 2.45) is 0 Å². The number of nitrogens with zero attached hydrogens (tertiary/aromatic N) is 3. The van der Waals surface area contributed by atoms with E-state index in [0.29, 0.717) is 5.95 Å². The molecule has 0 radical (unpaired) electrons. The molecule has 1 aromatic heterocycles. The molecule has 0 unspecified atom stereocenters. The summed E-state index contributed by atoms with van der Waals surface area (Å²) in [5.74, 6) is 0.794. The Balaban J connectivity index is 1.86. The van der Waals surface area contributed by atoms with E-state index in [4.69, 9.17) is 11.5 Å². The van der Waals surface area contributed by atoms with Gasteiger partial charge in [0.2, 0.25) is 17.8 Å². The normalized spacial score (nSPS) is 10.8. The molecule has 0 aliphatic carbocycles. The van der Waals surface area contributed by atoms with Crippen molar-refractivity contribution in [1.82, 2.24) is 15.0 Å². The highest BCUT2D eigenvalue weighted by atomic mass is 15.2.